The number of hydrogen-bond acceptors (Lipinski definition) is 6. The average molecular weight is 433 g/mol. The number of aliphatic imine (C=N–C) groups is 1. The first kappa shape index (κ1) is 20.6. The van der Waals surface area contributed by atoms with E-state index in [0.717, 1.165) is 11.1 Å². The van der Waals surface area contributed by atoms with Gasteiger partial charge in [-0.05, 0) is 61.9 Å². The van der Waals surface area contributed by atoms with E-state index in [4.69, 9.17) is 8.92 Å². The van der Waals surface area contributed by atoms with Crippen LogP contribution in [0, 0.1) is 13.8 Å². The van der Waals surface area contributed by atoms with Crippen molar-refractivity contribution in [1.29, 1.82) is 0 Å². The van der Waals surface area contributed by atoms with Crippen LogP contribution < -0.4 is 4.18 Å². The molecule has 0 bridgehead atoms. The van der Waals surface area contributed by atoms with E-state index in [1.54, 1.807) is 30.3 Å². The van der Waals surface area contributed by atoms with E-state index < -0.39 is 16.1 Å². The molecule has 1 aliphatic rings. The van der Waals surface area contributed by atoms with Crippen molar-refractivity contribution >= 4 is 28.1 Å². The lowest BCUT2D eigenvalue weighted by Crippen LogP contribution is -2.09. The van der Waals surface area contributed by atoms with Crippen LogP contribution in [0.3, 0.4) is 0 Å². The minimum atomic E-state index is -3.93. The predicted octanol–water partition coefficient (Wildman–Crippen LogP) is 4.42. The fourth-order valence-electron chi connectivity index (χ4n) is 2.89. The van der Waals surface area contributed by atoms with Crippen LogP contribution in [0.4, 0.5) is 0 Å². The Balaban J connectivity index is 1.51. The van der Waals surface area contributed by atoms with E-state index in [2.05, 4.69) is 4.99 Å². The van der Waals surface area contributed by atoms with Crippen LogP contribution in [0.5, 0.6) is 5.75 Å². The molecule has 156 valence electrons. The molecule has 1 heterocycles. The molecule has 0 radical (unpaired) electrons. The summed E-state index contributed by atoms with van der Waals surface area (Å²) in [5, 5.41) is 0. The summed E-state index contributed by atoms with van der Waals surface area (Å²) in [4.78, 5) is 16.5. The zero-order valence-corrected chi connectivity index (χ0v) is 17.7. The van der Waals surface area contributed by atoms with Crippen LogP contribution in [0.1, 0.15) is 22.3 Å². The normalized spacial score (nSPS) is 15.0. The number of hydrogen-bond donors (Lipinski definition) is 0. The van der Waals surface area contributed by atoms with Gasteiger partial charge in [-0.1, -0.05) is 47.5 Å². The summed E-state index contributed by atoms with van der Waals surface area (Å²) in [5.41, 5.74) is 3.58. The molecule has 0 saturated carbocycles. The van der Waals surface area contributed by atoms with Crippen molar-refractivity contribution in [2.24, 2.45) is 4.99 Å². The van der Waals surface area contributed by atoms with Gasteiger partial charge in [-0.3, -0.25) is 0 Å². The molecule has 1 aliphatic heterocycles. The molecule has 3 aromatic carbocycles. The second kappa shape index (κ2) is 8.20. The van der Waals surface area contributed by atoms with E-state index in [0.29, 0.717) is 11.1 Å². The van der Waals surface area contributed by atoms with Gasteiger partial charge in [-0.15, -0.1) is 0 Å². The minimum Gasteiger partial charge on any atom is -0.402 e. The number of ether oxygens (including phenoxy) is 1. The Hall–Kier alpha value is -3.71. The van der Waals surface area contributed by atoms with Gasteiger partial charge in [0, 0.05) is 5.56 Å². The van der Waals surface area contributed by atoms with Crippen molar-refractivity contribution in [3.63, 3.8) is 0 Å². The molecule has 4 rings (SSSR count). The highest BCUT2D eigenvalue weighted by molar-refractivity contribution is 7.87. The van der Waals surface area contributed by atoms with Crippen LogP contribution in [-0.4, -0.2) is 20.3 Å². The topological polar surface area (TPSA) is 82.0 Å². The number of carbonyl (C=O) groups excluding carboxylic acids is 1. The van der Waals surface area contributed by atoms with Crippen molar-refractivity contribution in [3.05, 3.63) is 101 Å². The molecule has 0 aliphatic carbocycles. The van der Waals surface area contributed by atoms with Gasteiger partial charge < -0.3 is 8.92 Å². The zero-order valence-electron chi connectivity index (χ0n) is 16.9. The summed E-state index contributed by atoms with van der Waals surface area (Å²) in [6, 6.07) is 20.2. The molecule has 0 unspecified atom stereocenters. The highest BCUT2D eigenvalue weighted by atomic mass is 32.2. The molecule has 0 atom stereocenters. The number of nitrogens with zero attached hydrogens (tertiary/aromatic N) is 1. The van der Waals surface area contributed by atoms with Gasteiger partial charge in [0.15, 0.2) is 5.70 Å². The summed E-state index contributed by atoms with van der Waals surface area (Å²) in [7, 11) is -3.93. The number of aryl methyl sites for hydroxylation is 2. The van der Waals surface area contributed by atoms with Crippen molar-refractivity contribution in [1.82, 2.24) is 0 Å². The summed E-state index contributed by atoms with van der Waals surface area (Å²) in [6.07, 6.45) is 1.57. The first-order valence-electron chi connectivity index (χ1n) is 9.51. The van der Waals surface area contributed by atoms with E-state index in [1.165, 1.54) is 24.3 Å². The molecule has 3 aromatic rings. The van der Waals surface area contributed by atoms with Crippen LogP contribution in [0.2, 0.25) is 0 Å². The molecule has 7 heteroatoms. The Kier molecular flexibility index (Phi) is 5.44. The standard InChI is InChI=1S/C24H19NO5S/c1-16-3-9-19(10-4-16)23-25-22(24(26)29-23)15-18-7-11-20(12-8-18)30-31(27,28)21-13-5-17(2)6-14-21/h3-15H,1-2H3/b22-15-. The lowest BCUT2D eigenvalue weighted by atomic mass is 10.1. The first-order valence-corrected chi connectivity index (χ1v) is 10.9. The Morgan fingerprint density at radius 1 is 0.839 bits per heavy atom. The second-order valence-electron chi connectivity index (χ2n) is 7.12. The Bertz CT molecular complexity index is 1290. The zero-order chi connectivity index (χ0) is 22.0. The van der Waals surface area contributed by atoms with E-state index in [9.17, 15) is 13.2 Å². The maximum absolute atomic E-state index is 12.4. The summed E-state index contributed by atoms with van der Waals surface area (Å²) >= 11 is 0. The molecule has 0 fully saturated rings. The van der Waals surface area contributed by atoms with Crippen molar-refractivity contribution in [2.75, 3.05) is 0 Å². The van der Waals surface area contributed by atoms with Crippen molar-refractivity contribution in [2.45, 2.75) is 18.7 Å². The number of benzene rings is 3. The van der Waals surface area contributed by atoms with Gasteiger partial charge in [0.2, 0.25) is 5.90 Å². The third-order valence-corrected chi connectivity index (χ3v) is 5.88. The van der Waals surface area contributed by atoms with Gasteiger partial charge in [0.1, 0.15) is 10.6 Å². The summed E-state index contributed by atoms with van der Waals surface area (Å²) < 4.78 is 35.2. The lowest BCUT2D eigenvalue weighted by molar-refractivity contribution is -0.129. The number of cyclic esters (lactones) is 1. The molecule has 31 heavy (non-hydrogen) atoms. The summed E-state index contributed by atoms with van der Waals surface area (Å²) in [5.74, 6) is -0.126. The quantitative estimate of drug-likeness (QED) is 0.338. The molecule has 0 saturated heterocycles. The number of rotatable bonds is 5. The molecular weight excluding hydrogens is 414 g/mol. The number of esters is 1. The lowest BCUT2D eigenvalue weighted by Gasteiger charge is -2.07. The fraction of sp³-hybridized carbons (Fsp3) is 0.0833. The van der Waals surface area contributed by atoms with Crippen LogP contribution in [-0.2, 0) is 19.6 Å². The van der Waals surface area contributed by atoms with Crippen molar-refractivity contribution in [3.8, 4) is 5.75 Å². The molecule has 0 spiro atoms. The first-order chi connectivity index (χ1) is 14.8. The molecule has 0 aromatic heterocycles. The minimum absolute atomic E-state index is 0.0796. The molecule has 0 N–H and O–H groups in total. The molecule has 6 nitrogen and oxygen atoms in total. The van der Waals surface area contributed by atoms with E-state index in [-0.39, 0.29) is 22.2 Å². The Labute approximate surface area is 180 Å². The van der Waals surface area contributed by atoms with Gasteiger partial charge in [-0.25, -0.2) is 9.79 Å². The molecular formula is C24H19NO5S. The maximum atomic E-state index is 12.4. The van der Waals surface area contributed by atoms with Gasteiger partial charge in [0.25, 0.3) is 0 Å². The maximum Gasteiger partial charge on any atom is 0.363 e. The largest absolute Gasteiger partial charge is 0.402 e. The van der Waals surface area contributed by atoms with E-state index in [1.807, 2.05) is 38.1 Å². The third-order valence-electron chi connectivity index (χ3n) is 4.62. The SMILES string of the molecule is Cc1ccc(C2=N/C(=C\c3ccc(OS(=O)(=O)c4ccc(C)cc4)cc3)C(=O)O2)cc1. The van der Waals surface area contributed by atoms with Gasteiger partial charge in [-0.2, -0.15) is 8.42 Å². The second-order valence-corrected chi connectivity index (χ2v) is 8.67. The van der Waals surface area contributed by atoms with Gasteiger partial charge in [0.05, 0.1) is 0 Å². The fourth-order valence-corrected chi connectivity index (χ4v) is 3.82. The van der Waals surface area contributed by atoms with Crippen molar-refractivity contribution < 1.29 is 22.1 Å². The smallest absolute Gasteiger partial charge is 0.363 e. The van der Waals surface area contributed by atoms with Crippen LogP contribution in [0.15, 0.2) is 88.4 Å². The molecule has 0 amide bonds. The Morgan fingerprint density at radius 2 is 1.42 bits per heavy atom. The highest BCUT2D eigenvalue weighted by Crippen LogP contribution is 2.23. The number of carbonyl (C=O) groups is 1. The van der Waals surface area contributed by atoms with Crippen LogP contribution in [0.25, 0.3) is 6.08 Å². The Morgan fingerprint density at radius 3 is 2.03 bits per heavy atom. The third kappa shape index (κ3) is 4.73. The van der Waals surface area contributed by atoms with Crippen LogP contribution >= 0.6 is 0 Å². The van der Waals surface area contributed by atoms with E-state index >= 15 is 0 Å². The average Bonchev–Trinajstić information content (AvgIpc) is 3.10. The predicted molar refractivity (Wildman–Crippen MR) is 117 cm³/mol. The highest BCUT2D eigenvalue weighted by Gasteiger charge is 2.24. The summed E-state index contributed by atoms with van der Waals surface area (Å²) in [6.45, 7) is 3.84. The van der Waals surface area contributed by atoms with Gasteiger partial charge >= 0.3 is 16.1 Å². The monoisotopic (exact) mass is 433 g/mol.